The SMILES string of the molecule is CCNC(Cc1ccc(OC)c(OC)c1)C(C)CC. The molecule has 0 aliphatic rings. The first-order valence-electron chi connectivity index (χ1n) is 7.10. The number of nitrogens with one attached hydrogen (secondary N) is 1. The van der Waals surface area contributed by atoms with Gasteiger partial charge < -0.3 is 14.8 Å². The lowest BCUT2D eigenvalue weighted by Crippen LogP contribution is -2.36. The lowest BCUT2D eigenvalue weighted by molar-refractivity contribution is 0.351. The summed E-state index contributed by atoms with van der Waals surface area (Å²) in [5, 5.41) is 3.58. The van der Waals surface area contributed by atoms with E-state index in [2.05, 4.69) is 38.2 Å². The van der Waals surface area contributed by atoms with Gasteiger partial charge in [0, 0.05) is 6.04 Å². The fraction of sp³-hybridized carbons (Fsp3) is 0.625. The molecule has 3 nitrogen and oxygen atoms in total. The molecule has 0 fully saturated rings. The summed E-state index contributed by atoms with van der Waals surface area (Å²) in [5.41, 5.74) is 1.28. The van der Waals surface area contributed by atoms with Crippen LogP contribution in [0.3, 0.4) is 0 Å². The Balaban J connectivity index is 2.84. The first-order valence-corrected chi connectivity index (χ1v) is 7.10. The van der Waals surface area contributed by atoms with Crippen LogP contribution in [0, 0.1) is 5.92 Å². The molecule has 1 aromatic rings. The summed E-state index contributed by atoms with van der Waals surface area (Å²) in [6, 6.07) is 6.68. The fourth-order valence-corrected chi connectivity index (χ4v) is 2.28. The molecule has 0 aliphatic carbocycles. The van der Waals surface area contributed by atoms with Crippen molar-refractivity contribution < 1.29 is 9.47 Å². The van der Waals surface area contributed by atoms with E-state index in [0.717, 1.165) is 24.5 Å². The lowest BCUT2D eigenvalue weighted by Gasteiger charge is -2.24. The van der Waals surface area contributed by atoms with Gasteiger partial charge in [0.25, 0.3) is 0 Å². The maximum atomic E-state index is 5.36. The monoisotopic (exact) mass is 265 g/mol. The third-order valence-corrected chi connectivity index (χ3v) is 3.70. The van der Waals surface area contributed by atoms with Crippen LogP contribution in [0.5, 0.6) is 11.5 Å². The Hall–Kier alpha value is -1.22. The predicted octanol–water partition coefficient (Wildman–Crippen LogP) is 3.27. The average molecular weight is 265 g/mol. The van der Waals surface area contributed by atoms with Crippen LogP contribution >= 0.6 is 0 Å². The molecule has 1 N–H and O–H groups in total. The highest BCUT2D eigenvalue weighted by molar-refractivity contribution is 5.43. The average Bonchev–Trinajstić information content (AvgIpc) is 2.45. The molecule has 0 saturated carbocycles. The van der Waals surface area contributed by atoms with Gasteiger partial charge in [0.15, 0.2) is 11.5 Å². The van der Waals surface area contributed by atoms with Gasteiger partial charge >= 0.3 is 0 Å². The molecule has 1 rings (SSSR count). The van der Waals surface area contributed by atoms with Gasteiger partial charge in [-0.3, -0.25) is 0 Å². The zero-order chi connectivity index (χ0) is 14.3. The van der Waals surface area contributed by atoms with E-state index < -0.39 is 0 Å². The fourth-order valence-electron chi connectivity index (χ4n) is 2.28. The second-order valence-corrected chi connectivity index (χ2v) is 4.94. The number of methoxy groups -OCH3 is 2. The minimum atomic E-state index is 0.508. The largest absolute Gasteiger partial charge is 0.493 e. The molecule has 0 saturated heterocycles. The number of rotatable bonds is 8. The molecule has 2 atom stereocenters. The predicted molar refractivity (Wildman–Crippen MR) is 80.2 cm³/mol. The summed E-state index contributed by atoms with van der Waals surface area (Å²) in [4.78, 5) is 0. The Morgan fingerprint density at radius 3 is 2.32 bits per heavy atom. The molecule has 0 aliphatic heterocycles. The summed E-state index contributed by atoms with van der Waals surface area (Å²) in [5.74, 6) is 2.25. The topological polar surface area (TPSA) is 30.5 Å². The third-order valence-electron chi connectivity index (χ3n) is 3.70. The molecule has 0 aromatic heterocycles. The van der Waals surface area contributed by atoms with Gasteiger partial charge in [-0.15, -0.1) is 0 Å². The van der Waals surface area contributed by atoms with E-state index in [9.17, 15) is 0 Å². The molecule has 108 valence electrons. The third kappa shape index (κ3) is 4.43. The van der Waals surface area contributed by atoms with Gasteiger partial charge in [0.2, 0.25) is 0 Å². The first-order chi connectivity index (χ1) is 9.15. The van der Waals surface area contributed by atoms with Crippen molar-refractivity contribution >= 4 is 0 Å². The van der Waals surface area contributed by atoms with Gasteiger partial charge in [-0.25, -0.2) is 0 Å². The second-order valence-electron chi connectivity index (χ2n) is 4.94. The maximum Gasteiger partial charge on any atom is 0.160 e. The molecule has 3 heteroatoms. The highest BCUT2D eigenvalue weighted by Crippen LogP contribution is 2.28. The Morgan fingerprint density at radius 2 is 1.79 bits per heavy atom. The van der Waals surface area contributed by atoms with Crippen LogP contribution in [0.15, 0.2) is 18.2 Å². The highest BCUT2D eigenvalue weighted by Gasteiger charge is 2.16. The van der Waals surface area contributed by atoms with Crippen molar-refractivity contribution in [3.8, 4) is 11.5 Å². The molecule has 0 radical (unpaired) electrons. The van der Waals surface area contributed by atoms with Crippen molar-refractivity contribution in [2.24, 2.45) is 5.92 Å². The number of likely N-dealkylation sites (N-methyl/N-ethyl adjacent to an activating group) is 1. The lowest BCUT2D eigenvalue weighted by atomic mass is 9.93. The molecular formula is C16H27NO2. The molecule has 0 spiro atoms. The quantitative estimate of drug-likeness (QED) is 0.782. The molecule has 0 bridgehead atoms. The molecule has 0 heterocycles. The van der Waals surface area contributed by atoms with Gasteiger partial charge in [0.1, 0.15) is 0 Å². The summed E-state index contributed by atoms with van der Waals surface area (Å²) in [6.07, 6.45) is 2.20. The smallest absolute Gasteiger partial charge is 0.160 e. The van der Waals surface area contributed by atoms with Crippen molar-refractivity contribution in [2.75, 3.05) is 20.8 Å². The number of ether oxygens (including phenoxy) is 2. The van der Waals surface area contributed by atoms with Crippen molar-refractivity contribution in [1.82, 2.24) is 5.32 Å². The van der Waals surface area contributed by atoms with Crippen LogP contribution in [-0.4, -0.2) is 26.8 Å². The van der Waals surface area contributed by atoms with Crippen LogP contribution in [-0.2, 0) is 6.42 Å². The van der Waals surface area contributed by atoms with Crippen molar-refractivity contribution in [2.45, 2.75) is 39.7 Å². The normalized spacial score (nSPS) is 13.9. The summed E-state index contributed by atoms with van der Waals surface area (Å²) in [7, 11) is 3.34. The molecular weight excluding hydrogens is 238 g/mol. The second kappa shape index (κ2) is 8.05. The van der Waals surface area contributed by atoms with E-state index in [1.165, 1.54) is 12.0 Å². The maximum absolute atomic E-state index is 5.36. The van der Waals surface area contributed by atoms with Crippen molar-refractivity contribution in [3.63, 3.8) is 0 Å². The Labute approximate surface area is 117 Å². The minimum absolute atomic E-state index is 0.508. The van der Waals surface area contributed by atoms with Crippen molar-refractivity contribution in [1.29, 1.82) is 0 Å². The number of hydrogen-bond acceptors (Lipinski definition) is 3. The van der Waals surface area contributed by atoms with Crippen LogP contribution in [0.25, 0.3) is 0 Å². The van der Waals surface area contributed by atoms with Gasteiger partial charge in [-0.1, -0.05) is 33.3 Å². The Kier molecular flexibility index (Phi) is 6.71. The van der Waals surface area contributed by atoms with Crippen LogP contribution in [0.1, 0.15) is 32.8 Å². The zero-order valence-electron chi connectivity index (χ0n) is 12.8. The van der Waals surface area contributed by atoms with Gasteiger partial charge in [-0.05, 0) is 36.6 Å². The Morgan fingerprint density at radius 1 is 1.11 bits per heavy atom. The van der Waals surface area contributed by atoms with E-state index in [0.29, 0.717) is 12.0 Å². The van der Waals surface area contributed by atoms with E-state index in [-0.39, 0.29) is 0 Å². The first kappa shape index (κ1) is 15.8. The van der Waals surface area contributed by atoms with Crippen molar-refractivity contribution in [3.05, 3.63) is 23.8 Å². The zero-order valence-corrected chi connectivity index (χ0v) is 12.8. The van der Waals surface area contributed by atoms with Crippen LogP contribution < -0.4 is 14.8 Å². The summed E-state index contributed by atoms with van der Waals surface area (Å²) in [6.45, 7) is 7.70. The van der Waals surface area contributed by atoms with Crippen LogP contribution in [0.2, 0.25) is 0 Å². The molecule has 2 unspecified atom stereocenters. The van der Waals surface area contributed by atoms with E-state index in [1.807, 2.05) is 6.07 Å². The van der Waals surface area contributed by atoms with Gasteiger partial charge in [0.05, 0.1) is 14.2 Å². The van der Waals surface area contributed by atoms with E-state index in [4.69, 9.17) is 9.47 Å². The number of benzene rings is 1. The van der Waals surface area contributed by atoms with Gasteiger partial charge in [-0.2, -0.15) is 0 Å². The summed E-state index contributed by atoms with van der Waals surface area (Å²) >= 11 is 0. The van der Waals surface area contributed by atoms with E-state index >= 15 is 0 Å². The van der Waals surface area contributed by atoms with Crippen LogP contribution in [0.4, 0.5) is 0 Å². The van der Waals surface area contributed by atoms with E-state index in [1.54, 1.807) is 14.2 Å². The standard InChI is InChI=1S/C16H27NO2/c1-6-12(3)14(17-7-2)10-13-8-9-15(18-4)16(11-13)19-5/h8-9,11-12,14,17H,6-7,10H2,1-5H3. The molecule has 0 amide bonds. The molecule has 1 aromatic carbocycles. The Bertz CT molecular complexity index is 379. The minimum Gasteiger partial charge on any atom is -0.493 e. The number of hydrogen-bond donors (Lipinski definition) is 1. The summed E-state index contributed by atoms with van der Waals surface area (Å²) < 4.78 is 10.6. The highest BCUT2D eigenvalue weighted by atomic mass is 16.5. The molecule has 19 heavy (non-hydrogen) atoms.